The minimum Gasteiger partial charge on any atom is -0.377 e. The summed E-state index contributed by atoms with van der Waals surface area (Å²) in [4.78, 5) is 25.6. The van der Waals surface area contributed by atoms with Crippen LogP contribution in [0.25, 0.3) is 0 Å². The number of ether oxygens (including phenoxy) is 1. The Kier molecular flexibility index (Phi) is 5.10. The molecule has 1 unspecified atom stereocenters. The lowest BCUT2D eigenvalue weighted by Gasteiger charge is -2.26. The minimum absolute atomic E-state index is 0.0276. The van der Waals surface area contributed by atoms with Crippen molar-refractivity contribution < 1.29 is 22.7 Å². The van der Waals surface area contributed by atoms with E-state index in [-0.39, 0.29) is 23.3 Å². The van der Waals surface area contributed by atoms with Gasteiger partial charge in [0.15, 0.2) is 0 Å². The maximum Gasteiger partial charge on any atom is 0.264 e. The lowest BCUT2D eigenvalue weighted by atomic mass is 9.99. The van der Waals surface area contributed by atoms with E-state index < -0.39 is 15.9 Å². The van der Waals surface area contributed by atoms with E-state index in [1.54, 1.807) is 24.1 Å². The zero-order valence-electron chi connectivity index (χ0n) is 14.2. The van der Waals surface area contributed by atoms with Crippen LogP contribution in [0.15, 0.2) is 18.2 Å². The molecule has 8 heteroatoms. The molecule has 2 heterocycles. The van der Waals surface area contributed by atoms with Gasteiger partial charge in [-0.05, 0) is 49.4 Å². The predicted molar refractivity (Wildman–Crippen MR) is 93.0 cm³/mol. The second kappa shape index (κ2) is 7.13. The molecule has 7 nitrogen and oxygen atoms in total. The van der Waals surface area contributed by atoms with Crippen LogP contribution >= 0.6 is 0 Å². The van der Waals surface area contributed by atoms with Gasteiger partial charge in [0.05, 0.1) is 11.9 Å². The van der Waals surface area contributed by atoms with Gasteiger partial charge in [0.25, 0.3) is 5.91 Å². The number of hydrogen-bond donors (Lipinski definition) is 1. The number of amides is 2. The molecule has 2 aliphatic heterocycles. The first-order chi connectivity index (χ1) is 11.9. The molecular weight excluding hydrogens is 344 g/mol. The normalized spacial score (nSPS) is 20.9. The summed E-state index contributed by atoms with van der Waals surface area (Å²) in [6.07, 6.45) is 3.13. The SMILES string of the molecule is CN1C(=O)CCc2cc(C(=O)NS(=O)(=O)CC3CCCCO3)ccc21. The van der Waals surface area contributed by atoms with Crippen molar-refractivity contribution in [1.82, 2.24) is 4.72 Å². The minimum atomic E-state index is -3.76. The first-order valence-electron chi connectivity index (χ1n) is 8.41. The molecular formula is C17H22N2O5S. The van der Waals surface area contributed by atoms with E-state index in [0.717, 1.165) is 24.1 Å². The average molecular weight is 366 g/mol. The van der Waals surface area contributed by atoms with Crippen molar-refractivity contribution in [3.63, 3.8) is 0 Å². The van der Waals surface area contributed by atoms with Gasteiger partial charge in [-0.25, -0.2) is 13.1 Å². The van der Waals surface area contributed by atoms with E-state index in [1.807, 2.05) is 0 Å². The number of rotatable bonds is 4. The molecule has 136 valence electrons. The van der Waals surface area contributed by atoms with E-state index in [4.69, 9.17) is 4.74 Å². The fourth-order valence-electron chi connectivity index (χ4n) is 3.22. The number of sulfonamides is 1. The van der Waals surface area contributed by atoms with Gasteiger partial charge in [-0.3, -0.25) is 9.59 Å². The zero-order valence-corrected chi connectivity index (χ0v) is 15.0. The van der Waals surface area contributed by atoms with Crippen molar-refractivity contribution in [2.75, 3.05) is 24.3 Å². The smallest absolute Gasteiger partial charge is 0.264 e. The lowest BCUT2D eigenvalue weighted by Crippen LogP contribution is -2.38. The Labute approximate surface area is 147 Å². The molecule has 1 atom stereocenters. The second-order valence-corrected chi connectivity index (χ2v) is 8.26. The molecule has 0 aromatic heterocycles. The Morgan fingerprint density at radius 3 is 2.84 bits per heavy atom. The summed E-state index contributed by atoms with van der Waals surface area (Å²) in [5.41, 5.74) is 1.89. The van der Waals surface area contributed by atoms with Gasteiger partial charge in [-0.15, -0.1) is 0 Å². The molecule has 3 rings (SSSR count). The average Bonchev–Trinajstić information content (AvgIpc) is 2.58. The molecule has 1 saturated heterocycles. The molecule has 25 heavy (non-hydrogen) atoms. The quantitative estimate of drug-likeness (QED) is 0.865. The van der Waals surface area contributed by atoms with Gasteiger partial charge in [0.2, 0.25) is 15.9 Å². The highest BCUT2D eigenvalue weighted by Crippen LogP contribution is 2.27. The van der Waals surface area contributed by atoms with Crippen LogP contribution in [-0.2, 0) is 26.0 Å². The number of fused-ring (bicyclic) bond motifs is 1. The van der Waals surface area contributed by atoms with Gasteiger partial charge < -0.3 is 9.64 Å². The summed E-state index contributed by atoms with van der Waals surface area (Å²) in [5, 5.41) is 0. The zero-order chi connectivity index (χ0) is 18.0. The van der Waals surface area contributed by atoms with Crippen molar-refractivity contribution in [3.05, 3.63) is 29.3 Å². The van der Waals surface area contributed by atoms with Crippen LogP contribution in [0.5, 0.6) is 0 Å². The van der Waals surface area contributed by atoms with Gasteiger partial charge in [-0.1, -0.05) is 0 Å². The third kappa shape index (κ3) is 4.19. The van der Waals surface area contributed by atoms with Crippen LogP contribution in [0.3, 0.4) is 0 Å². The molecule has 0 radical (unpaired) electrons. The fraction of sp³-hybridized carbons (Fsp3) is 0.529. The highest BCUT2D eigenvalue weighted by Gasteiger charge is 2.26. The monoisotopic (exact) mass is 366 g/mol. The molecule has 0 bridgehead atoms. The number of anilines is 1. The molecule has 1 aromatic rings. The summed E-state index contributed by atoms with van der Waals surface area (Å²) in [6, 6.07) is 4.87. The van der Waals surface area contributed by atoms with Gasteiger partial charge >= 0.3 is 0 Å². The Morgan fingerprint density at radius 2 is 2.12 bits per heavy atom. The van der Waals surface area contributed by atoms with E-state index in [2.05, 4.69) is 4.72 Å². The summed E-state index contributed by atoms with van der Waals surface area (Å²) in [5.74, 6) is -0.834. The Bertz CT molecular complexity index is 784. The lowest BCUT2D eigenvalue weighted by molar-refractivity contribution is -0.118. The van der Waals surface area contributed by atoms with E-state index in [0.29, 0.717) is 25.9 Å². The van der Waals surface area contributed by atoms with E-state index in [9.17, 15) is 18.0 Å². The number of aryl methyl sites for hydroxylation is 1. The summed E-state index contributed by atoms with van der Waals surface area (Å²) in [7, 11) is -2.07. The highest BCUT2D eigenvalue weighted by atomic mass is 32.2. The van der Waals surface area contributed by atoms with Crippen molar-refractivity contribution >= 4 is 27.5 Å². The maximum atomic E-state index is 12.3. The van der Waals surface area contributed by atoms with Gasteiger partial charge in [-0.2, -0.15) is 0 Å². The number of benzene rings is 1. The topological polar surface area (TPSA) is 92.8 Å². The van der Waals surface area contributed by atoms with Crippen LogP contribution in [0, 0.1) is 0 Å². The molecule has 2 amide bonds. The van der Waals surface area contributed by atoms with Crippen molar-refractivity contribution in [3.8, 4) is 0 Å². The van der Waals surface area contributed by atoms with Crippen molar-refractivity contribution in [1.29, 1.82) is 0 Å². The van der Waals surface area contributed by atoms with Crippen molar-refractivity contribution in [2.45, 2.75) is 38.2 Å². The molecule has 0 saturated carbocycles. The summed E-state index contributed by atoms with van der Waals surface area (Å²) in [6.45, 7) is 0.561. The number of carbonyl (C=O) groups excluding carboxylic acids is 2. The largest absolute Gasteiger partial charge is 0.377 e. The molecule has 0 aliphatic carbocycles. The first kappa shape index (κ1) is 17.9. The molecule has 0 spiro atoms. The van der Waals surface area contributed by atoms with E-state index >= 15 is 0 Å². The third-order valence-corrected chi connectivity index (χ3v) is 5.92. The number of hydrogen-bond acceptors (Lipinski definition) is 5. The van der Waals surface area contributed by atoms with Crippen LogP contribution in [0.4, 0.5) is 5.69 Å². The van der Waals surface area contributed by atoms with Crippen LogP contribution in [0.2, 0.25) is 0 Å². The predicted octanol–water partition coefficient (Wildman–Crippen LogP) is 1.22. The standard InChI is InChI=1S/C17H22N2O5S/c1-19-15-7-5-13(10-12(15)6-8-16(19)20)17(21)18-25(22,23)11-14-4-2-3-9-24-14/h5,7,10,14H,2-4,6,8-9,11H2,1H3,(H,18,21). The number of nitrogens with one attached hydrogen (secondary N) is 1. The van der Waals surface area contributed by atoms with Crippen molar-refractivity contribution in [2.24, 2.45) is 0 Å². The molecule has 1 fully saturated rings. The third-order valence-electron chi connectivity index (χ3n) is 4.61. The van der Waals surface area contributed by atoms with Crippen LogP contribution in [-0.4, -0.2) is 45.7 Å². The molecule has 2 aliphatic rings. The molecule has 1 aromatic carbocycles. The summed E-state index contributed by atoms with van der Waals surface area (Å²) >= 11 is 0. The summed E-state index contributed by atoms with van der Waals surface area (Å²) < 4.78 is 32.0. The fourth-order valence-corrected chi connectivity index (χ4v) is 4.46. The Balaban J connectivity index is 1.69. The number of nitrogens with zero attached hydrogens (tertiary/aromatic N) is 1. The Morgan fingerprint density at radius 1 is 1.32 bits per heavy atom. The number of carbonyl (C=O) groups is 2. The van der Waals surface area contributed by atoms with Gasteiger partial charge in [0, 0.05) is 31.3 Å². The van der Waals surface area contributed by atoms with Crippen LogP contribution in [0.1, 0.15) is 41.6 Å². The van der Waals surface area contributed by atoms with E-state index in [1.165, 1.54) is 6.07 Å². The van der Waals surface area contributed by atoms with Crippen LogP contribution < -0.4 is 9.62 Å². The van der Waals surface area contributed by atoms with Gasteiger partial charge in [0.1, 0.15) is 0 Å². The second-order valence-electron chi connectivity index (χ2n) is 6.50. The first-order valence-corrected chi connectivity index (χ1v) is 10.1. The highest BCUT2D eigenvalue weighted by molar-refractivity contribution is 7.90. The maximum absolute atomic E-state index is 12.3. The Hall–Kier alpha value is -1.93. The molecule has 1 N–H and O–H groups in total.